The molecule has 0 aromatic carbocycles. The minimum Gasteiger partial charge on any atom is -0.357 e. The highest BCUT2D eigenvalue weighted by atomic mass is 127. The lowest BCUT2D eigenvalue weighted by atomic mass is 9.85. The third kappa shape index (κ3) is 6.46. The van der Waals surface area contributed by atoms with Gasteiger partial charge in [-0.15, -0.1) is 24.0 Å². The first kappa shape index (κ1) is 22.1. The Balaban J connectivity index is 0.00000243. The zero-order chi connectivity index (χ0) is 17.7. The molecule has 0 atom stereocenters. The first-order valence-corrected chi connectivity index (χ1v) is 11.2. The average molecular weight is 494 g/mol. The lowest BCUT2D eigenvalue weighted by molar-refractivity contribution is -0.136. The summed E-state index contributed by atoms with van der Waals surface area (Å²) < 4.78 is 0. The van der Waals surface area contributed by atoms with E-state index in [4.69, 9.17) is 4.99 Å². The molecule has 0 spiro atoms. The molecular weight excluding hydrogens is 459 g/mol. The number of nitrogens with zero attached hydrogens (tertiary/aromatic N) is 2. The SMILES string of the molecule is CCNC(=NCC1(C)CC1)NC1CCC(C(=O)N2CCSCC2)CC1.I. The van der Waals surface area contributed by atoms with Crippen LogP contribution in [0.2, 0.25) is 0 Å². The molecule has 3 rings (SSSR count). The average Bonchev–Trinajstić information content (AvgIpc) is 3.38. The molecule has 3 fully saturated rings. The van der Waals surface area contributed by atoms with Gasteiger partial charge in [0.2, 0.25) is 5.91 Å². The predicted octanol–water partition coefficient (Wildman–Crippen LogP) is 3.09. The summed E-state index contributed by atoms with van der Waals surface area (Å²) in [5, 5.41) is 6.98. The summed E-state index contributed by atoms with van der Waals surface area (Å²) in [7, 11) is 0. The van der Waals surface area contributed by atoms with E-state index in [0.29, 0.717) is 17.4 Å². The van der Waals surface area contributed by atoms with Crippen LogP contribution in [0.3, 0.4) is 0 Å². The molecule has 0 aromatic rings. The Kier molecular flexibility index (Phi) is 8.83. The van der Waals surface area contributed by atoms with Gasteiger partial charge in [0.25, 0.3) is 0 Å². The van der Waals surface area contributed by atoms with Crippen LogP contribution in [0.15, 0.2) is 4.99 Å². The van der Waals surface area contributed by atoms with Crippen LogP contribution in [0.1, 0.15) is 52.4 Å². The Hall–Kier alpha value is -0.180. The zero-order valence-electron chi connectivity index (χ0n) is 16.3. The fourth-order valence-electron chi connectivity index (χ4n) is 3.68. The van der Waals surface area contributed by atoms with Crippen molar-refractivity contribution in [1.82, 2.24) is 15.5 Å². The second-order valence-electron chi connectivity index (χ2n) is 8.14. The van der Waals surface area contributed by atoms with Gasteiger partial charge in [-0.3, -0.25) is 9.79 Å². The molecule has 26 heavy (non-hydrogen) atoms. The minimum atomic E-state index is 0. The number of aliphatic imine (C=N–C) groups is 1. The Labute approximate surface area is 179 Å². The van der Waals surface area contributed by atoms with Crippen molar-refractivity contribution >= 4 is 47.6 Å². The molecule has 1 amide bonds. The Morgan fingerprint density at radius 1 is 1.19 bits per heavy atom. The van der Waals surface area contributed by atoms with Gasteiger partial charge >= 0.3 is 0 Å². The van der Waals surface area contributed by atoms with E-state index in [0.717, 1.165) is 69.3 Å². The van der Waals surface area contributed by atoms with Gasteiger partial charge in [-0.1, -0.05) is 6.92 Å². The Morgan fingerprint density at radius 2 is 1.85 bits per heavy atom. The maximum Gasteiger partial charge on any atom is 0.225 e. The predicted molar refractivity (Wildman–Crippen MR) is 122 cm³/mol. The van der Waals surface area contributed by atoms with Crippen LogP contribution in [0, 0.1) is 11.3 Å². The van der Waals surface area contributed by atoms with Crippen molar-refractivity contribution in [2.45, 2.75) is 58.4 Å². The van der Waals surface area contributed by atoms with Crippen LogP contribution in [0.25, 0.3) is 0 Å². The zero-order valence-corrected chi connectivity index (χ0v) is 19.4. The Morgan fingerprint density at radius 3 is 2.42 bits per heavy atom. The molecule has 0 aromatic heterocycles. The largest absolute Gasteiger partial charge is 0.357 e. The van der Waals surface area contributed by atoms with Crippen LogP contribution < -0.4 is 10.6 Å². The fourth-order valence-corrected chi connectivity index (χ4v) is 4.58. The lowest BCUT2D eigenvalue weighted by Gasteiger charge is -2.34. The van der Waals surface area contributed by atoms with Gasteiger partial charge in [-0.2, -0.15) is 11.8 Å². The van der Waals surface area contributed by atoms with E-state index in [9.17, 15) is 4.79 Å². The lowest BCUT2D eigenvalue weighted by Crippen LogP contribution is -2.47. The smallest absolute Gasteiger partial charge is 0.225 e. The second-order valence-corrected chi connectivity index (χ2v) is 9.36. The molecule has 150 valence electrons. The number of nitrogens with one attached hydrogen (secondary N) is 2. The molecule has 0 bridgehead atoms. The standard InChI is InChI=1S/C19H34N4OS.HI/c1-3-20-18(21-14-19(2)8-9-19)22-16-6-4-15(5-7-16)17(24)23-10-12-25-13-11-23;/h15-16H,3-14H2,1-2H3,(H2,20,21,22);1H. The minimum absolute atomic E-state index is 0. The summed E-state index contributed by atoms with van der Waals surface area (Å²) in [4.78, 5) is 19.5. The van der Waals surface area contributed by atoms with Gasteiger partial charge in [-0.25, -0.2) is 0 Å². The van der Waals surface area contributed by atoms with Gasteiger partial charge in [0.15, 0.2) is 5.96 Å². The highest BCUT2D eigenvalue weighted by Gasteiger charge is 2.37. The number of hydrogen-bond acceptors (Lipinski definition) is 3. The van der Waals surface area contributed by atoms with E-state index in [1.807, 2.05) is 11.8 Å². The third-order valence-corrected chi connectivity index (χ3v) is 6.75. The highest BCUT2D eigenvalue weighted by molar-refractivity contribution is 14.0. The summed E-state index contributed by atoms with van der Waals surface area (Å²) in [6, 6.07) is 0.450. The molecule has 0 unspecified atom stereocenters. The molecule has 1 heterocycles. The molecule has 2 N–H and O–H groups in total. The molecule has 2 saturated carbocycles. The van der Waals surface area contributed by atoms with Crippen molar-refractivity contribution in [3.05, 3.63) is 0 Å². The second kappa shape index (κ2) is 10.4. The number of amides is 1. The summed E-state index contributed by atoms with van der Waals surface area (Å²) in [6.07, 6.45) is 6.77. The molecule has 7 heteroatoms. The molecule has 3 aliphatic rings. The molecule has 2 aliphatic carbocycles. The number of rotatable bonds is 5. The van der Waals surface area contributed by atoms with Crippen LogP contribution in [0.5, 0.6) is 0 Å². The summed E-state index contributed by atoms with van der Waals surface area (Å²) in [5.74, 6) is 3.80. The normalized spacial score (nSPS) is 28.1. The maximum atomic E-state index is 12.7. The van der Waals surface area contributed by atoms with E-state index in [1.165, 1.54) is 12.8 Å². The topological polar surface area (TPSA) is 56.7 Å². The highest BCUT2D eigenvalue weighted by Crippen LogP contribution is 2.45. The first-order chi connectivity index (χ1) is 12.1. The summed E-state index contributed by atoms with van der Waals surface area (Å²) >= 11 is 1.96. The van der Waals surface area contributed by atoms with Crippen LogP contribution >= 0.6 is 35.7 Å². The van der Waals surface area contributed by atoms with Gasteiger partial charge in [0, 0.05) is 49.6 Å². The third-order valence-electron chi connectivity index (χ3n) is 5.81. The summed E-state index contributed by atoms with van der Waals surface area (Å²) in [6.45, 7) is 8.13. The molecular formula is C19H35IN4OS. The number of guanidine groups is 1. The van der Waals surface area contributed by atoms with Crippen LogP contribution in [-0.2, 0) is 4.79 Å². The van der Waals surface area contributed by atoms with Crippen molar-refractivity contribution in [3.63, 3.8) is 0 Å². The molecule has 1 saturated heterocycles. The first-order valence-electron chi connectivity index (χ1n) is 10.0. The quantitative estimate of drug-likeness (QED) is 0.351. The van der Waals surface area contributed by atoms with E-state index < -0.39 is 0 Å². The van der Waals surface area contributed by atoms with Crippen molar-refractivity contribution in [1.29, 1.82) is 0 Å². The molecule has 0 radical (unpaired) electrons. The molecule has 5 nitrogen and oxygen atoms in total. The van der Waals surface area contributed by atoms with Crippen molar-refractivity contribution in [3.8, 4) is 0 Å². The van der Waals surface area contributed by atoms with Crippen LogP contribution in [0.4, 0.5) is 0 Å². The molecule has 1 aliphatic heterocycles. The van der Waals surface area contributed by atoms with Gasteiger partial charge in [0.05, 0.1) is 0 Å². The monoisotopic (exact) mass is 494 g/mol. The maximum absolute atomic E-state index is 12.7. The van der Waals surface area contributed by atoms with Crippen molar-refractivity contribution in [2.24, 2.45) is 16.3 Å². The van der Waals surface area contributed by atoms with Crippen LogP contribution in [-0.4, -0.2) is 60.5 Å². The van der Waals surface area contributed by atoms with Gasteiger partial charge in [-0.05, 0) is 50.9 Å². The fraction of sp³-hybridized carbons (Fsp3) is 0.895. The van der Waals surface area contributed by atoms with E-state index >= 15 is 0 Å². The van der Waals surface area contributed by atoms with Gasteiger partial charge < -0.3 is 15.5 Å². The van der Waals surface area contributed by atoms with Gasteiger partial charge in [0.1, 0.15) is 0 Å². The van der Waals surface area contributed by atoms with E-state index in [-0.39, 0.29) is 29.9 Å². The van der Waals surface area contributed by atoms with E-state index in [2.05, 4.69) is 29.4 Å². The van der Waals surface area contributed by atoms with Crippen molar-refractivity contribution < 1.29 is 4.79 Å². The number of halogens is 1. The number of carbonyl (C=O) groups excluding carboxylic acids is 1. The summed E-state index contributed by atoms with van der Waals surface area (Å²) in [5.41, 5.74) is 0.444. The van der Waals surface area contributed by atoms with Crippen molar-refractivity contribution in [2.75, 3.05) is 37.7 Å². The number of hydrogen-bond donors (Lipinski definition) is 2. The number of thioether (sulfide) groups is 1. The Bertz CT molecular complexity index is 484. The van der Waals surface area contributed by atoms with E-state index in [1.54, 1.807) is 0 Å². The number of carbonyl (C=O) groups is 1.